The SMILES string of the molecule is Cc1cc(C)cc(NC(N)=NCC2COC3(CCC(C)CC3)O2)c1.I. The summed E-state index contributed by atoms with van der Waals surface area (Å²) < 4.78 is 12.1. The van der Waals surface area contributed by atoms with Gasteiger partial charge in [0.2, 0.25) is 0 Å². The summed E-state index contributed by atoms with van der Waals surface area (Å²) in [6.07, 6.45) is 4.33. The van der Waals surface area contributed by atoms with Gasteiger partial charge in [-0.15, -0.1) is 24.0 Å². The molecule has 2 aliphatic rings. The van der Waals surface area contributed by atoms with E-state index >= 15 is 0 Å². The van der Waals surface area contributed by atoms with Gasteiger partial charge in [-0.1, -0.05) is 13.0 Å². The Morgan fingerprint density at radius 3 is 2.52 bits per heavy atom. The van der Waals surface area contributed by atoms with Gasteiger partial charge in [0.15, 0.2) is 11.7 Å². The summed E-state index contributed by atoms with van der Waals surface area (Å²) in [4.78, 5) is 4.43. The summed E-state index contributed by atoms with van der Waals surface area (Å²) in [7, 11) is 0. The monoisotopic (exact) mass is 459 g/mol. The second-order valence-corrected chi connectivity index (χ2v) is 7.37. The number of nitrogens with two attached hydrogens (primary N) is 1. The third-order valence-corrected chi connectivity index (χ3v) is 4.91. The number of rotatable bonds is 3. The number of benzene rings is 1. The van der Waals surface area contributed by atoms with Crippen molar-refractivity contribution < 1.29 is 9.47 Å². The van der Waals surface area contributed by atoms with Crippen molar-refractivity contribution in [1.29, 1.82) is 0 Å². The van der Waals surface area contributed by atoms with Gasteiger partial charge in [0.25, 0.3) is 0 Å². The van der Waals surface area contributed by atoms with Gasteiger partial charge >= 0.3 is 0 Å². The number of nitrogens with zero attached hydrogens (tertiary/aromatic N) is 1. The Kier molecular flexibility index (Phi) is 7.10. The molecule has 0 bridgehead atoms. The zero-order chi connectivity index (χ0) is 17.2. The van der Waals surface area contributed by atoms with Gasteiger partial charge in [-0.2, -0.15) is 0 Å². The molecule has 6 heteroatoms. The van der Waals surface area contributed by atoms with Crippen LogP contribution in [0.15, 0.2) is 23.2 Å². The van der Waals surface area contributed by atoms with Crippen molar-refractivity contribution in [1.82, 2.24) is 0 Å². The maximum Gasteiger partial charge on any atom is 0.193 e. The minimum atomic E-state index is -0.359. The van der Waals surface area contributed by atoms with Gasteiger partial charge in [0, 0.05) is 18.5 Å². The molecule has 1 saturated heterocycles. The predicted molar refractivity (Wildman–Crippen MR) is 113 cm³/mol. The molecule has 0 radical (unpaired) electrons. The number of ether oxygens (including phenoxy) is 2. The molecule has 1 saturated carbocycles. The van der Waals surface area contributed by atoms with Crippen LogP contribution in [0.2, 0.25) is 0 Å². The van der Waals surface area contributed by atoms with E-state index in [2.05, 4.69) is 49.3 Å². The Hall–Kier alpha value is -0.860. The molecule has 5 nitrogen and oxygen atoms in total. The van der Waals surface area contributed by atoms with Gasteiger partial charge < -0.3 is 20.5 Å². The fourth-order valence-corrected chi connectivity index (χ4v) is 3.61. The van der Waals surface area contributed by atoms with Crippen molar-refractivity contribution in [3.8, 4) is 0 Å². The molecule has 25 heavy (non-hydrogen) atoms. The minimum absolute atomic E-state index is 0. The topological polar surface area (TPSA) is 68.9 Å². The number of halogens is 1. The zero-order valence-corrected chi connectivity index (χ0v) is 17.7. The molecule has 1 heterocycles. The molecular weight excluding hydrogens is 429 g/mol. The summed E-state index contributed by atoms with van der Waals surface area (Å²) in [6, 6.07) is 6.25. The molecular formula is C19H30IN3O2. The molecule has 0 amide bonds. The largest absolute Gasteiger partial charge is 0.370 e. The van der Waals surface area contributed by atoms with Crippen LogP contribution in [0.4, 0.5) is 5.69 Å². The molecule has 0 aromatic heterocycles. The minimum Gasteiger partial charge on any atom is -0.370 e. The van der Waals surface area contributed by atoms with Crippen LogP contribution in [0.25, 0.3) is 0 Å². The van der Waals surface area contributed by atoms with Crippen LogP contribution in [-0.4, -0.2) is 31.0 Å². The molecule has 140 valence electrons. The lowest BCUT2D eigenvalue weighted by atomic mass is 9.86. The van der Waals surface area contributed by atoms with Crippen molar-refractivity contribution in [2.45, 2.75) is 58.3 Å². The van der Waals surface area contributed by atoms with Crippen LogP contribution in [0.3, 0.4) is 0 Å². The lowest BCUT2D eigenvalue weighted by Gasteiger charge is -2.34. The van der Waals surface area contributed by atoms with E-state index in [4.69, 9.17) is 15.2 Å². The van der Waals surface area contributed by atoms with Gasteiger partial charge in [-0.3, -0.25) is 4.99 Å². The first-order valence-corrected chi connectivity index (χ1v) is 8.91. The Balaban J connectivity index is 0.00000225. The highest BCUT2D eigenvalue weighted by atomic mass is 127. The quantitative estimate of drug-likeness (QED) is 0.408. The zero-order valence-electron chi connectivity index (χ0n) is 15.4. The lowest BCUT2D eigenvalue weighted by molar-refractivity contribution is -0.190. The second kappa shape index (κ2) is 8.68. The Labute approximate surface area is 167 Å². The van der Waals surface area contributed by atoms with Gasteiger partial charge in [-0.05, 0) is 55.9 Å². The molecule has 3 N–H and O–H groups in total. The summed E-state index contributed by atoms with van der Waals surface area (Å²) in [5.74, 6) is 0.835. The van der Waals surface area contributed by atoms with Crippen molar-refractivity contribution in [3.05, 3.63) is 29.3 Å². The smallest absolute Gasteiger partial charge is 0.193 e. The van der Waals surface area contributed by atoms with Crippen molar-refractivity contribution in [2.24, 2.45) is 16.6 Å². The van der Waals surface area contributed by atoms with Gasteiger partial charge in [0.05, 0.1) is 13.2 Å². The van der Waals surface area contributed by atoms with Crippen LogP contribution in [0.5, 0.6) is 0 Å². The Morgan fingerprint density at radius 1 is 1.24 bits per heavy atom. The van der Waals surface area contributed by atoms with E-state index in [0.717, 1.165) is 24.4 Å². The van der Waals surface area contributed by atoms with E-state index in [1.807, 2.05) is 0 Å². The molecule has 1 unspecified atom stereocenters. The third kappa shape index (κ3) is 5.56. The third-order valence-electron chi connectivity index (χ3n) is 4.91. The highest BCUT2D eigenvalue weighted by molar-refractivity contribution is 14.0. The number of aliphatic imine (C=N–C) groups is 1. The molecule has 2 fully saturated rings. The first-order valence-electron chi connectivity index (χ1n) is 8.91. The van der Waals surface area contributed by atoms with Crippen LogP contribution in [0, 0.1) is 19.8 Å². The van der Waals surface area contributed by atoms with Crippen LogP contribution in [-0.2, 0) is 9.47 Å². The Morgan fingerprint density at radius 2 is 1.88 bits per heavy atom. The average molecular weight is 459 g/mol. The number of hydrogen-bond donors (Lipinski definition) is 2. The number of aryl methyl sites for hydroxylation is 2. The highest BCUT2D eigenvalue weighted by Gasteiger charge is 2.43. The number of guanidine groups is 1. The summed E-state index contributed by atoms with van der Waals surface area (Å²) in [6.45, 7) is 7.57. The lowest BCUT2D eigenvalue weighted by Crippen LogP contribution is -2.35. The van der Waals surface area contributed by atoms with E-state index in [1.54, 1.807) is 0 Å². The fraction of sp³-hybridized carbons (Fsp3) is 0.632. The van der Waals surface area contributed by atoms with Gasteiger partial charge in [-0.25, -0.2) is 0 Å². The van der Waals surface area contributed by atoms with Crippen LogP contribution in [0.1, 0.15) is 43.7 Å². The standard InChI is InChI=1S/C19H29N3O2.HI/c1-13-4-6-19(7-5-13)23-12-17(24-19)11-21-18(20)22-16-9-14(2)8-15(3)10-16;/h8-10,13,17H,4-7,11-12H2,1-3H3,(H3,20,21,22);1H. The van der Waals surface area contributed by atoms with E-state index in [-0.39, 0.29) is 35.9 Å². The molecule has 1 atom stereocenters. The number of hydrogen-bond acceptors (Lipinski definition) is 3. The summed E-state index contributed by atoms with van der Waals surface area (Å²) >= 11 is 0. The molecule has 1 aromatic rings. The number of nitrogens with one attached hydrogen (secondary N) is 1. The summed E-state index contributed by atoms with van der Waals surface area (Å²) in [5, 5.41) is 3.16. The number of anilines is 1. The second-order valence-electron chi connectivity index (χ2n) is 7.37. The van der Waals surface area contributed by atoms with E-state index in [0.29, 0.717) is 19.1 Å². The first kappa shape index (κ1) is 20.5. The van der Waals surface area contributed by atoms with Crippen molar-refractivity contribution >= 4 is 35.6 Å². The van der Waals surface area contributed by atoms with Crippen molar-refractivity contribution in [2.75, 3.05) is 18.5 Å². The van der Waals surface area contributed by atoms with Gasteiger partial charge in [0.1, 0.15) is 6.10 Å². The fourth-order valence-electron chi connectivity index (χ4n) is 3.61. The first-order chi connectivity index (χ1) is 11.4. The van der Waals surface area contributed by atoms with E-state index in [1.165, 1.54) is 24.0 Å². The van der Waals surface area contributed by atoms with Crippen LogP contribution < -0.4 is 11.1 Å². The molecule has 1 aromatic carbocycles. The molecule has 3 rings (SSSR count). The predicted octanol–water partition coefficient (Wildman–Crippen LogP) is 3.97. The van der Waals surface area contributed by atoms with Crippen molar-refractivity contribution in [3.63, 3.8) is 0 Å². The molecule has 1 spiro atoms. The normalized spacial score (nSPS) is 29.5. The molecule has 1 aliphatic carbocycles. The summed E-state index contributed by atoms with van der Waals surface area (Å²) in [5.41, 5.74) is 9.38. The Bertz CT molecular complexity index is 592. The van der Waals surface area contributed by atoms with Crippen LogP contribution >= 0.6 is 24.0 Å². The maximum absolute atomic E-state index is 6.16. The average Bonchev–Trinajstić information content (AvgIpc) is 2.91. The molecule has 1 aliphatic heterocycles. The highest BCUT2D eigenvalue weighted by Crippen LogP contribution is 2.39. The van der Waals surface area contributed by atoms with E-state index < -0.39 is 0 Å². The maximum atomic E-state index is 6.16. The van der Waals surface area contributed by atoms with E-state index in [9.17, 15) is 0 Å².